The smallest absolute Gasteiger partial charge is 0.223 e. The van der Waals surface area contributed by atoms with E-state index < -0.39 is 0 Å². The summed E-state index contributed by atoms with van der Waals surface area (Å²) in [6, 6.07) is 8.63. The molecule has 1 aromatic rings. The molecule has 4 saturated carbocycles. The summed E-state index contributed by atoms with van der Waals surface area (Å²) in [5, 5.41) is 3.36. The highest BCUT2D eigenvalue weighted by molar-refractivity contribution is 5.80. The molecule has 5 aliphatic rings. The second-order valence-corrected chi connectivity index (χ2v) is 10.5. The molecule has 4 bridgehead atoms. The van der Waals surface area contributed by atoms with Crippen LogP contribution in [0.3, 0.4) is 0 Å². The number of carbonyl (C=O) groups excluding carboxylic acids is 1. The Morgan fingerprint density at radius 2 is 1.84 bits per heavy atom. The van der Waals surface area contributed by atoms with Crippen LogP contribution in [0.2, 0.25) is 0 Å². The number of halogens is 1. The maximum Gasteiger partial charge on any atom is 0.223 e. The van der Waals surface area contributed by atoms with Crippen molar-refractivity contribution in [3.8, 4) is 5.75 Å². The Labute approximate surface area is 189 Å². The van der Waals surface area contributed by atoms with Crippen molar-refractivity contribution in [2.24, 2.45) is 29.4 Å². The number of amides is 1. The highest BCUT2D eigenvalue weighted by atomic mass is 19.1. The molecular formula is C26H35FN2O3. The largest absolute Gasteiger partial charge is 0.489 e. The summed E-state index contributed by atoms with van der Waals surface area (Å²) in [5.74, 6) is 2.91. The van der Waals surface area contributed by atoms with E-state index in [-0.39, 0.29) is 30.5 Å². The van der Waals surface area contributed by atoms with Crippen LogP contribution in [0.25, 0.3) is 0 Å². The van der Waals surface area contributed by atoms with Crippen molar-refractivity contribution >= 4 is 5.91 Å². The van der Waals surface area contributed by atoms with Crippen LogP contribution < -0.4 is 15.8 Å². The van der Waals surface area contributed by atoms with E-state index in [9.17, 15) is 9.18 Å². The number of benzene rings is 1. The SMILES string of the molecule is NC/C(=C\F)COc1ccc(C23CC4CC(C2)C(C(=O)NC2CCOCC2)C(C4)C3)cc1. The fourth-order valence-corrected chi connectivity index (χ4v) is 7.16. The molecule has 0 aromatic heterocycles. The van der Waals surface area contributed by atoms with Crippen molar-refractivity contribution in [1.29, 1.82) is 0 Å². The zero-order valence-corrected chi connectivity index (χ0v) is 18.7. The molecule has 3 N–H and O–H groups in total. The predicted octanol–water partition coefficient (Wildman–Crippen LogP) is 3.87. The minimum Gasteiger partial charge on any atom is -0.489 e. The maximum absolute atomic E-state index is 13.3. The predicted molar refractivity (Wildman–Crippen MR) is 121 cm³/mol. The van der Waals surface area contributed by atoms with E-state index in [1.165, 1.54) is 24.8 Å². The lowest BCUT2D eigenvalue weighted by Gasteiger charge is -2.60. The van der Waals surface area contributed by atoms with Gasteiger partial charge in [0.2, 0.25) is 5.91 Å². The first-order valence-electron chi connectivity index (χ1n) is 12.2. The Balaban J connectivity index is 1.26. The third-order valence-electron chi connectivity index (χ3n) is 8.45. The zero-order chi connectivity index (χ0) is 22.1. The van der Waals surface area contributed by atoms with Gasteiger partial charge in [-0.15, -0.1) is 0 Å². The van der Waals surface area contributed by atoms with Gasteiger partial charge in [-0.25, -0.2) is 4.39 Å². The van der Waals surface area contributed by atoms with Gasteiger partial charge in [-0.05, 0) is 85.8 Å². The number of carbonyl (C=O) groups is 1. The standard InChI is InChI=1S/C26H35FN2O3/c27-14-18(15-28)16-32-23-3-1-21(2-4-23)26-11-17-9-19(12-26)24(20(10-17)13-26)25(30)29-22-5-7-31-8-6-22/h1-4,14,17,19-20,22,24H,5-13,15-16,28H2,(H,29,30)/b18-14+. The molecule has 1 aliphatic heterocycles. The molecule has 2 atom stereocenters. The van der Waals surface area contributed by atoms with Crippen molar-refractivity contribution in [2.45, 2.75) is 56.4 Å². The topological polar surface area (TPSA) is 73.6 Å². The molecule has 32 heavy (non-hydrogen) atoms. The number of hydrogen-bond donors (Lipinski definition) is 2. The molecule has 0 radical (unpaired) electrons. The van der Waals surface area contributed by atoms with Crippen molar-refractivity contribution in [3.63, 3.8) is 0 Å². The van der Waals surface area contributed by atoms with Crippen LogP contribution in [-0.4, -0.2) is 38.3 Å². The van der Waals surface area contributed by atoms with E-state index in [1.54, 1.807) is 0 Å². The van der Waals surface area contributed by atoms with Crippen molar-refractivity contribution in [2.75, 3.05) is 26.4 Å². The van der Waals surface area contributed by atoms with E-state index >= 15 is 0 Å². The summed E-state index contributed by atoms with van der Waals surface area (Å²) in [5.41, 5.74) is 7.50. The van der Waals surface area contributed by atoms with Gasteiger partial charge >= 0.3 is 0 Å². The fourth-order valence-electron chi connectivity index (χ4n) is 7.16. The Hall–Kier alpha value is -1.92. The minimum atomic E-state index is 0.158. The second kappa shape index (κ2) is 9.14. The third-order valence-corrected chi connectivity index (χ3v) is 8.45. The van der Waals surface area contributed by atoms with Gasteiger partial charge in [0.05, 0.1) is 6.33 Å². The first-order chi connectivity index (χ1) is 15.6. The van der Waals surface area contributed by atoms with Crippen LogP contribution in [0.1, 0.15) is 50.5 Å². The first-order valence-corrected chi connectivity index (χ1v) is 12.2. The van der Waals surface area contributed by atoms with E-state index in [1.807, 2.05) is 12.1 Å². The van der Waals surface area contributed by atoms with E-state index in [0.29, 0.717) is 29.6 Å². The Morgan fingerprint density at radius 1 is 1.16 bits per heavy atom. The van der Waals surface area contributed by atoms with Gasteiger partial charge in [0.25, 0.3) is 0 Å². The fraction of sp³-hybridized carbons (Fsp3) is 0.654. The van der Waals surface area contributed by atoms with Gasteiger partial charge in [0, 0.05) is 37.3 Å². The van der Waals surface area contributed by atoms with Crippen molar-refractivity contribution in [1.82, 2.24) is 5.32 Å². The van der Waals surface area contributed by atoms with Crippen LogP contribution in [0.15, 0.2) is 36.2 Å². The quantitative estimate of drug-likeness (QED) is 0.672. The average molecular weight is 443 g/mol. The molecule has 1 aromatic carbocycles. The number of ether oxygens (including phenoxy) is 2. The number of nitrogens with two attached hydrogens (primary N) is 1. The van der Waals surface area contributed by atoms with Gasteiger partial charge in [0.1, 0.15) is 12.4 Å². The van der Waals surface area contributed by atoms with Gasteiger partial charge < -0.3 is 20.5 Å². The van der Waals surface area contributed by atoms with Crippen LogP contribution in [0.4, 0.5) is 4.39 Å². The van der Waals surface area contributed by atoms with Crippen LogP contribution in [0.5, 0.6) is 5.75 Å². The maximum atomic E-state index is 13.3. The zero-order valence-electron chi connectivity index (χ0n) is 18.7. The highest BCUT2D eigenvalue weighted by Crippen LogP contribution is 2.63. The lowest BCUT2D eigenvalue weighted by molar-refractivity contribution is -0.141. The normalized spacial score (nSPS) is 34.5. The Kier molecular flexibility index (Phi) is 6.26. The van der Waals surface area contributed by atoms with Gasteiger partial charge in [-0.3, -0.25) is 4.79 Å². The molecule has 0 spiro atoms. The lowest BCUT2D eigenvalue weighted by Crippen LogP contribution is -2.57. The molecular weight excluding hydrogens is 407 g/mol. The molecule has 1 amide bonds. The first kappa shape index (κ1) is 21.9. The number of nitrogens with one attached hydrogen (secondary N) is 1. The summed E-state index contributed by atoms with van der Waals surface area (Å²) in [4.78, 5) is 13.3. The van der Waals surface area contributed by atoms with Crippen molar-refractivity contribution < 1.29 is 18.7 Å². The van der Waals surface area contributed by atoms with Crippen molar-refractivity contribution in [3.05, 3.63) is 41.7 Å². The molecule has 6 heteroatoms. The van der Waals surface area contributed by atoms with E-state index in [2.05, 4.69) is 17.4 Å². The average Bonchev–Trinajstić information content (AvgIpc) is 2.80. The highest BCUT2D eigenvalue weighted by Gasteiger charge is 2.57. The van der Waals surface area contributed by atoms with Gasteiger partial charge in [0.15, 0.2) is 0 Å². The van der Waals surface area contributed by atoms with Crippen LogP contribution >= 0.6 is 0 Å². The molecule has 174 valence electrons. The molecule has 5 fully saturated rings. The summed E-state index contributed by atoms with van der Waals surface area (Å²) < 4.78 is 23.9. The summed E-state index contributed by atoms with van der Waals surface area (Å²) in [6.07, 6.45) is 8.23. The van der Waals surface area contributed by atoms with Crippen LogP contribution in [-0.2, 0) is 14.9 Å². The summed E-state index contributed by atoms with van der Waals surface area (Å²) in [7, 11) is 0. The molecule has 6 rings (SSSR count). The van der Waals surface area contributed by atoms with Crippen LogP contribution in [0, 0.1) is 23.7 Å². The Morgan fingerprint density at radius 3 is 2.47 bits per heavy atom. The minimum absolute atomic E-state index is 0.158. The van der Waals surface area contributed by atoms with Gasteiger partial charge in [-0.1, -0.05) is 12.1 Å². The molecule has 1 heterocycles. The molecule has 1 saturated heterocycles. The lowest BCUT2D eigenvalue weighted by atomic mass is 9.44. The van der Waals surface area contributed by atoms with E-state index in [0.717, 1.165) is 50.6 Å². The Bertz CT molecular complexity index is 833. The second-order valence-electron chi connectivity index (χ2n) is 10.5. The van der Waals surface area contributed by atoms with E-state index in [4.69, 9.17) is 15.2 Å². The summed E-state index contributed by atoms with van der Waals surface area (Å²) >= 11 is 0. The third kappa shape index (κ3) is 4.19. The number of hydrogen-bond acceptors (Lipinski definition) is 4. The molecule has 2 unspecified atom stereocenters. The molecule has 5 nitrogen and oxygen atoms in total. The molecule has 4 aliphatic carbocycles. The monoisotopic (exact) mass is 442 g/mol. The van der Waals surface area contributed by atoms with Gasteiger partial charge in [-0.2, -0.15) is 0 Å². The number of rotatable bonds is 7. The summed E-state index contributed by atoms with van der Waals surface area (Å²) in [6.45, 7) is 1.84.